The molecule has 0 saturated carbocycles. The van der Waals surface area contributed by atoms with Gasteiger partial charge in [-0.2, -0.15) is 0 Å². The van der Waals surface area contributed by atoms with Gasteiger partial charge >= 0.3 is 0 Å². The quantitative estimate of drug-likeness (QED) is 0.216. The van der Waals surface area contributed by atoms with Crippen LogP contribution in [0.4, 0.5) is 0 Å². The Kier molecular flexibility index (Phi) is 2.89. The molecule has 0 bridgehead atoms. The van der Waals surface area contributed by atoms with Gasteiger partial charge in [-0.15, -0.1) is 16.0 Å². The Hall–Kier alpha value is -0.100. The first kappa shape index (κ1) is 8.99. The maximum atomic E-state index is 10.3. The molecular formula is C4H7Cl2N3O2. The van der Waals surface area contributed by atoms with Crippen molar-refractivity contribution in [2.24, 2.45) is 0 Å². The number of nitrogens with zero attached hydrogens (tertiary/aromatic N) is 2. The molecule has 2 atom stereocenters. The van der Waals surface area contributed by atoms with E-state index in [9.17, 15) is 10.1 Å². The van der Waals surface area contributed by atoms with Crippen LogP contribution in [0.2, 0.25) is 0 Å². The van der Waals surface area contributed by atoms with E-state index in [4.69, 9.17) is 23.4 Å². The van der Waals surface area contributed by atoms with E-state index in [0.717, 1.165) is 4.42 Å². The molecular weight excluding hydrogens is 193 g/mol. The summed E-state index contributed by atoms with van der Waals surface area (Å²) in [6, 6.07) is 0. The van der Waals surface area contributed by atoms with Crippen LogP contribution >= 0.6 is 23.4 Å². The van der Waals surface area contributed by atoms with E-state index in [1.54, 1.807) is 0 Å². The topological polar surface area (TPSA) is 58.4 Å². The average Bonchev–Trinajstić information content (AvgIpc) is 1.85. The van der Waals surface area contributed by atoms with Crippen LogP contribution in [0.15, 0.2) is 0 Å². The van der Waals surface area contributed by atoms with Crippen molar-refractivity contribution < 1.29 is 4.92 Å². The van der Waals surface area contributed by atoms with Gasteiger partial charge in [0.25, 0.3) is 6.17 Å². The Morgan fingerprint density at radius 3 is 2.82 bits per heavy atom. The van der Waals surface area contributed by atoms with E-state index < -0.39 is 11.1 Å². The molecule has 1 rings (SSSR count). The zero-order valence-corrected chi connectivity index (χ0v) is 7.05. The predicted molar refractivity (Wildman–Crippen MR) is 41.0 cm³/mol. The molecule has 0 radical (unpaired) electrons. The number of rotatable bonds is 1. The highest BCUT2D eigenvalue weighted by Gasteiger charge is 2.33. The summed E-state index contributed by atoms with van der Waals surface area (Å²) in [5.74, 6) is 0. The van der Waals surface area contributed by atoms with Crippen LogP contribution in [0, 0.1) is 10.1 Å². The van der Waals surface area contributed by atoms with E-state index in [-0.39, 0.29) is 18.6 Å². The number of alkyl halides is 1. The summed E-state index contributed by atoms with van der Waals surface area (Å²) in [5.41, 5.74) is -0.302. The van der Waals surface area contributed by atoms with Crippen LogP contribution in [0.3, 0.4) is 0 Å². The molecule has 1 fully saturated rings. The SMILES string of the molecule is O=[N+]([O-])C1CNC(Cl)CN1Cl. The number of nitrogens with one attached hydrogen (secondary N) is 1. The first-order chi connectivity index (χ1) is 5.11. The molecule has 0 amide bonds. The molecule has 0 aromatic carbocycles. The highest BCUT2D eigenvalue weighted by atomic mass is 35.5. The van der Waals surface area contributed by atoms with Gasteiger partial charge in [0, 0.05) is 4.92 Å². The second-order valence-corrected chi connectivity index (χ2v) is 3.19. The number of piperazine rings is 1. The van der Waals surface area contributed by atoms with Crippen LogP contribution in [0.1, 0.15) is 0 Å². The molecule has 5 nitrogen and oxygen atoms in total. The lowest BCUT2D eigenvalue weighted by Gasteiger charge is -2.27. The number of hydrogen-bond donors (Lipinski definition) is 1. The van der Waals surface area contributed by atoms with Crippen molar-refractivity contribution in [3.8, 4) is 0 Å². The fraction of sp³-hybridized carbons (Fsp3) is 1.00. The third-order valence-electron chi connectivity index (χ3n) is 1.42. The van der Waals surface area contributed by atoms with Crippen molar-refractivity contribution >= 4 is 23.4 Å². The Labute approximate surface area is 73.5 Å². The van der Waals surface area contributed by atoms with Crippen molar-refractivity contribution in [3.63, 3.8) is 0 Å². The van der Waals surface area contributed by atoms with Gasteiger partial charge < -0.3 is 0 Å². The summed E-state index contributed by atoms with van der Waals surface area (Å²) in [6.45, 7) is 0.458. The fourth-order valence-electron chi connectivity index (χ4n) is 0.849. The molecule has 0 spiro atoms. The van der Waals surface area contributed by atoms with Gasteiger partial charge in [0.1, 0.15) is 0 Å². The minimum atomic E-state index is -0.869. The minimum Gasteiger partial charge on any atom is -0.292 e. The van der Waals surface area contributed by atoms with Crippen molar-refractivity contribution in [1.29, 1.82) is 0 Å². The molecule has 1 aliphatic rings. The molecule has 64 valence electrons. The molecule has 11 heavy (non-hydrogen) atoms. The van der Waals surface area contributed by atoms with Gasteiger partial charge in [-0.25, -0.2) is 0 Å². The van der Waals surface area contributed by atoms with E-state index in [2.05, 4.69) is 5.32 Å². The van der Waals surface area contributed by atoms with Crippen molar-refractivity contribution in [3.05, 3.63) is 10.1 Å². The number of nitro groups is 1. The van der Waals surface area contributed by atoms with Gasteiger partial charge in [-0.3, -0.25) is 15.4 Å². The molecule has 1 saturated heterocycles. The maximum absolute atomic E-state index is 10.3. The van der Waals surface area contributed by atoms with E-state index in [0.29, 0.717) is 0 Å². The standard InChI is InChI=1S/C4H7Cl2N3O2/c5-3-2-8(6)4(1-7-3)9(10)11/h3-4,7H,1-2H2. The monoisotopic (exact) mass is 199 g/mol. The highest BCUT2D eigenvalue weighted by Crippen LogP contribution is 2.11. The molecule has 0 aromatic heterocycles. The van der Waals surface area contributed by atoms with Gasteiger partial charge in [0.15, 0.2) is 0 Å². The van der Waals surface area contributed by atoms with Crippen molar-refractivity contribution in [2.45, 2.75) is 11.7 Å². The summed E-state index contributed by atoms with van der Waals surface area (Å²) in [4.78, 5) is 9.83. The lowest BCUT2D eigenvalue weighted by atomic mass is 10.4. The van der Waals surface area contributed by atoms with Gasteiger partial charge in [0.2, 0.25) is 0 Å². The van der Waals surface area contributed by atoms with Crippen molar-refractivity contribution in [2.75, 3.05) is 13.1 Å². The molecule has 0 aliphatic carbocycles. The van der Waals surface area contributed by atoms with Gasteiger partial charge in [0.05, 0.1) is 18.6 Å². The third-order valence-corrected chi connectivity index (χ3v) is 2.08. The summed E-state index contributed by atoms with van der Waals surface area (Å²) < 4.78 is 1.11. The van der Waals surface area contributed by atoms with Crippen LogP contribution in [0.25, 0.3) is 0 Å². The van der Waals surface area contributed by atoms with Gasteiger partial charge in [-0.05, 0) is 11.8 Å². The first-order valence-electron chi connectivity index (χ1n) is 3.04. The second-order valence-electron chi connectivity index (χ2n) is 2.22. The predicted octanol–water partition coefficient (Wildman–Crippen LogP) is 0.213. The lowest BCUT2D eigenvalue weighted by Crippen LogP contribution is -2.53. The van der Waals surface area contributed by atoms with Crippen molar-refractivity contribution in [1.82, 2.24) is 9.74 Å². The summed E-state index contributed by atoms with van der Waals surface area (Å²) in [6.07, 6.45) is -0.869. The zero-order valence-electron chi connectivity index (χ0n) is 5.54. The Bertz CT molecular complexity index is 167. The third kappa shape index (κ3) is 2.16. The molecule has 2 unspecified atom stereocenters. The average molecular weight is 200 g/mol. The normalized spacial score (nSPS) is 33.6. The lowest BCUT2D eigenvalue weighted by molar-refractivity contribution is -0.543. The van der Waals surface area contributed by atoms with E-state index in [1.807, 2.05) is 0 Å². The minimum absolute atomic E-state index is 0.185. The largest absolute Gasteiger partial charge is 0.293 e. The zero-order chi connectivity index (χ0) is 8.43. The van der Waals surface area contributed by atoms with Crippen LogP contribution in [0.5, 0.6) is 0 Å². The van der Waals surface area contributed by atoms with Crippen LogP contribution in [-0.2, 0) is 0 Å². The molecule has 1 aliphatic heterocycles. The Balaban J connectivity index is 2.50. The summed E-state index contributed by atoms with van der Waals surface area (Å²) in [5, 5.41) is 13.0. The van der Waals surface area contributed by atoms with Crippen LogP contribution < -0.4 is 5.32 Å². The maximum Gasteiger partial charge on any atom is 0.293 e. The molecule has 0 aromatic rings. The van der Waals surface area contributed by atoms with E-state index >= 15 is 0 Å². The smallest absolute Gasteiger partial charge is 0.292 e. The molecule has 1 heterocycles. The fourth-order valence-corrected chi connectivity index (χ4v) is 1.44. The summed E-state index contributed by atoms with van der Waals surface area (Å²) >= 11 is 11.2. The molecule has 1 N–H and O–H groups in total. The number of hydrogen-bond acceptors (Lipinski definition) is 4. The highest BCUT2D eigenvalue weighted by molar-refractivity contribution is 6.21. The Morgan fingerprint density at radius 2 is 2.36 bits per heavy atom. The van der Waals surface area contributed by atoms with E-state index in [1.165, 1.54) is 0 Å². The second kappa shape index (κ2) is 3.53. The first-order valence-corrected chi connectivity index (χ1v) is 3.82. The number of halogens is 2. The van der Waals surface area contributed by atoms with Gasteiger partial charge in [-0.1, -0.05) is 0 Å². The summed E-state index contributed by atoms with van der Waals surface area (Å²) in [7, 11) is 0. The molecule has 7 heteroatoms. The van der Waals surface area contributed by atoms with Crippen LogP contribution in [-0.4, -0.2) is 34.1 Å². The Morgan fingerprint density at radius 1 is 1.73 bits per heavy atom.